The molecule has 102 valence electrons. The van der Waals surface area contributed by atoms with Gasteiger partial charge in [-0.3, -0.25) is 4.90 Å². The molecule has 2 unspecified atom stereocenters. The zero-order valence-electron chi connectivity index (χ0n) is 12.4. The van der Waals surface area contributed by atoms with Crippen molar-refractivity contribution in [3.8, 4) is 0 Å². The van der Waals surface area contributed by atoms with Gasteiger partial charge in [-0.1, -0.05) is 13.8 Å². The Morgan fingerprint density at radius 3 is 2.53 bits per heavy atom. The maximum Gasteiger partial charge on any atom is 0.0615 e. The molecule has 1 aliphatic heterocycles. The molecule has 0 aliphatic carbocycles. The average Bonchev–Trinajstić information content (AvgIpc) is 2.20. The van der Waals surface area contributed by atoms with Crippen LogP contribution < -0.4 is 5.32 Å². The van der Waals surface area contributed by atoms with Crippen LogP contribution in [0.2, 0.25) is 0 Å². The minimum Gasteiger partial charge on any atom is -0.383 e. The lowest BCUT2D eigenvalue weighted by molar-refractivity contribution is -0.00271. The summed E-state index contributed by atoms with van der Waals surface area (Å²) in [6.45, 7) is 14.5. The van der Waals surface area contributed by atoms with Gasteiger partial charge in [-0.15, -0.1) is 0 Å². The van der Waals surface area contributed by atoms with E-state index < -0.39 is 0 Å². The molecule has 1 rings (SSSR count). The van der Waals surface area contributed by atoms with Crippen molar-refractivity contribution >= 4 is 0 Å². The predicted molar refractivity (Wildman–Crippen MR) is 73.4 cm³/mol. The topological polar surface area (TPSA) is 24.5 Å². The number of nitrogens with one attached hydrogen (secondary N) is 1. The van der Waals surface area contributed by atoms with Gasteiger partial charge >= 0.3 is 0 Å². The van der Waals surface area contributed by atoms with Crippen LogP contribution in [-0.4, -0.2) is 49.3 Å². The molecule has 1 heterocycles. The molecule has 3 heteroatoms. The number of hydrogen-bond acceptors (Lipinski definition) is 3. The molecular weight excluding hydrogens is 212 g/mol. The van der Waals surface area contributed by atoms with Gasteiger partial charge in [0.1, 0.15) is 0 Å². The van der Waals surface area contributed by atoms with E-state index in [2.05, 4.69) is 44.8 Å². The van der Waals surface area contributed by atoms with Crippen LogP contribution in [-0.2, 0) is 4.74 Å². The minimum atomic E-state index is 0.228. The number of piperazine rings is 1. The van der Waals surface area contributed by atoms with Crippen LogP contribution in [0.15, 0.2) is 0 Å². The van der Waals surface area contributed by atoms with Crippen molar-refractivity contribution in [1.29, 1.82) is 0 Å². The third-order valence-electron chi connectivity index (χ3n) is 3.71. The molecule has 1 saturated heterocycles. The van der Waals surface area contributed by atoms with Crippen LogP contribution in [0.5, 0.6) is 0 Å². The summed E-state index contributed by atoms with van der Waals surface area (Å²) < 4.78 is 5.30. The molecule has 2 atom stereocenters. The van der Waals surface area contributed by atoms with E-state index >= 15 is 0 Å². The summed E-state index contributed by atoms with van der Waals surface area (Å²) in [6.07, 6.45) is 1.26. The van der Waals surface area contributed by atoms with Gasteiger partial charge in [0, 0.05) is 37.8 Å². The van der Waals surface area contributed by atoms with Crippen molar-refractivity contribution in [2.45, 2.75) is 58.7 Å². The third kappa shape index (κ3) is 4.23. The number of methoxy groups -OCH3 is 1. The highest BCUT2D eigenvalue weighted by atomic mass is 16.5. The van der Waals surface area contributed by atoms with Crippen molar-refractivity contribution in [2.24, 2.45) is 5.92 Å². The van der Waals surface area contributed by atoms with Crippen molar-refractivity contribution in [2.75, 3.05) is 26.8 Å². The zero-order chi connectivity index (χ0) is 13.1. The minimum absolute atomic E-state index is 0.228. The van der Waals surface area contributed by atoms with Gasteiger partial charge < -0.3 is 10.1 Å². The van der Waals surface area contributed by atoms with E-state index in [4.69, 9.17) is 4.74 Å². The fraction of sp³-hybridized carbons (Fsp3) is 1.00. The lowest BCUT2D eigenvalue weighted by atomic mass is 9.92. The van der Waals surface area contributed by atoms with Crippen molar-refractivity contribution < 1.29 is 4.74 Å². The molecule has 0 bridgehead atoms. The van der Waals surface area contributed by atoms with Crippen molar-refractivity contribution in [3.05, 3.63) is 0 Å². The maximum atomic E-state index is 5.30. The number of ether oxygens (including phenoxy) is 1. The molecule has 0 spiro atoms. The first-order valence-corrected chi connectivity index (χ1v) is 6.86. The first-order valence-electron chi connectivity index (χ1n) is 6.86. The highest BCUT2D eigenvalue weighted by molar-refractivity contribution is 4.95. The Hall–Kier alpha value is -0.120. The van der Waals surface area contributed by atoms with Gasteiger partial charge in [0.15, 0.2) is 0 Å². The summed E-state index contributed by atoms with van der Waals surface area (Å²) in [4.78, 5) is 2.60. The van der Waals surface area contributed by atoms with E-state index in [1.54, 1.807) is 7.11 Å². The molecule has 17 heavy (non-hydrogen) atoms. The van der Waals surface area contributed by atoms with Gasteiger partial charge in [0.25, 0.3) is 0 Å². The molecule has 0 aromatic carbocycles. The maximum absolute atomic E-state index is 5.30. The Kier molecular flexibility index (Phi) is 5.42. The number of hydrogen-bond donors (Lipinski definition) is 1. The predicted octanol–water partition coefficient (Wildman–Crippen LogP) is 2.12. The summed E-state index contributed by atoms with van der Waals surface area (Å²) >= 11 is 0. The number of rotatable bonds is 5. The second-order valence-electron chi connectivity index (χ2n) is 6.48. The molecule has 0 radical (unpaired) electrons. The molecule has 0 aromatic rings. The van der Waals surface area contributed by atoms with Gasteiger partial charge in [-0.05, 0) is 33.1 Å². The highest BCUT2D eigenvalue weighted by Crippen LogP contribution is 2.23. The Balaban J connectivity index is 2.62. The van der Waals surface area contributed by atoms with Crippen LogP contribution in [0.1, 0.15) is 41.0 Å². The van der Waals surface area contributed by atoms with Crippen LogP contribution in [0, 0.1) is 5.92 Å². The van der Waals surface area contributed by atoms with Gasteiger partial charge in [-0.2, -0.15) is 0 Å². The van der Waals surface area contributed by atoms with Gasteiger partial charge in [0.05, 0.1) is 6.61 Å². The summed E-state index contributed by atoms with van der Waals surface area (Å²) in [5, 5.41) is 3.69. The lowest BCUT2D eigenvalue weighted by Gasteiger charge is -2.49. The van der Waals surface area contributed by atoms with E-state index in [1.807, 2.05) is 0 Å². The first kappa shape index (κ1) is 14.9. The van der Waals surface area contributed by atoms with Crippen LogP contribution in [0.3, 0.4) is 0 Å². The van der Waals surface area contributed by atoms with E-state index in [-0.39, 0.29) is 5.54 Å². The standard InChI is InChI=1S/C14H30N2O/c1-11(2)7-13-8-16(12(3)9-17-6)14(4,5)10-15-13/h11-13,15H,7-10H2,1-6H3. The van der Waals surface area contributed by atoms with Crippen molar-refractivity contribution in [3.63, 3.8) is 0 Å². The fourth-order valence-corrected chi connectivity index (χ4v) is 2.88. The van der Waals surface area contributed by atoms with Crippen LogP contribution in [0.25, 0.3) is 0 Å². The fourth-order valence-electron chi connectivity index (χ4n) is 2.88. The third-order valence-corrected chi connectivity index (χ3v) is 3.71. The summed E-state index contributed by atoms with van der Waals surface area (Å²) in [5.41, 5.74) is 0.228. The Morgan fingerprint density at radius 1 is 1.35 bits per heavy atom. The smallest absolute Gasteiger partial charge is 0.0615 e. The first-order chi connectivity index (χ1) is 7.86. The molecule has 0 amide bonds. The highest BCUT2D eigenvalue weighted by Gasteiger charge is 2.36. The summed E-state index contributed by atoms with van der Waals surface area (Å²) in [6, 6.07) is 1.12. The molecule has 1 N–H and O–H groups in total. The van der Waals surface area contributed by atoms with Gasteiger partial charge in [0.2, 0.25) is 0 Å². The monoisotopic (exact) mass is 242 g/mol. The molecule has 0 saturated carbocycles. The van der Waals surface area contributed by atoms with E-state index in [0.717, 1.165) is 25.6 Å². The Labute approximate surface area is 107 Å². The van der Waals surface area contributed by atoms with Crippen molar-refractivity contribution in [1.82, 2.24) is 10.2 Å². The SMILES string of the molecule is COCC(C)N1CC(CC(C)C)NCC1(C)C. The average molecular weight is 242 g/mol. The summed E-state index contributed by atoms with van der Waals surface area (Å²) in [7, 11) is 1.79. The quantitative estimate of drug-likeness (QED) is 0.799. The zero-order valence-corrected chi connectivity index (χ0v) is 12.4. The van der Waals surface area contributed by atoms with Crippen LogP contribution >= 0.6 is 0 Å². The van der Waals surface area contributed by atoms with Crippen LogP contribution in [0.4, 0.5) is 0 Å². The molecular formula is C14H30N2O. The van der Waals surface area contributed by atoms with E-state index in [1.165, 1.54) is 6.42 Å². The normalized spacial score (nSPS) is 27.4. The molecule has 3 nitrogen and oxygen atoms in total. The lowest BCUT2D eigenvalue weighted by Crippen LogP contribution is -2.64. The summed E-state index contributed by atoms with van der Waals surface area (Å²) in [5.74, 6) is 0.758. The molecule has 0 aromatic heterocycles. The molecule has 1 fully saturated rings. The Morgan fingerprint density at radius 2 is 2.00 bits per heavy atom. The largest absolute Gasteiger partial charge is 0.383 e. The van der Waals surface area contributed by atoms with E-state index in [0.29, 0.717) is 12.1 Å². The van der Waals surface area contributed by atoms with Gasteiger partial charge in [-0.25, -0.2) is 0 Å². The molecule has 1 aliphatic rings. The Bertz CT molecular complexity index is 228. The second-order valence-corrected chi connectivity index (χ2v) is 6.48. The van der Waals surface area contributed by atoms with E-state index in [9.17, 15) is 0 Å². The number of nitrogens with zero attached hydrogens (tertiary/aromatic N) is 1. The second kappa shape index (κ2) is 6.17.